The summed E-state index contributed by atoms with van der Waals surface area (Å²) in [7, 11) is 0. The Kier molecular flexibility index (Phi) is 2.09. The maximum absolute atomic E-state index is 10.6. The molecule has 1 aromatic heterocycles. The zero-order valence-corrected chi connectivity index (χ0v) is 8.51. The fourth-order valence-corrected chi connectivity index (χ4v) is 2.43. The lowest BCUT2D eigenvalue weighted by molar-refractivity contribution is -0.386. The topological polar surface area (TPSA) is 63.4 Å². The van der Waals surface area contributed by atoms with E-state index < -0.39 is 4.92 Å². The number of hydrogen-bond donors (Lipinski definition) is 2. The predicted octanol–water partition coefficient (Wildman–Crippen LogP) is 2.80. The van der Waals surface area contributed by atoms with Gasteiger partial charge in [-0.3, -0.25) is 10.1 Å². The molecular weight excluding hydrogens is 222 g/mol. The van der Waals surface area contributed by atoms with Crippen LogP contribution in [0, 0.1) is 10.1 Å². The van der Waals surface area contributed by atoms with Crippen molar-refractivity contribution in [2.45, 2.75) is 4.90 Å². The summed E-state index contributed by atoms with van der Waals surface area (Å²) in [5.74, 6) is -0.367. The molecule has 72 valence electrons. The van der Waals surface area contributed by atoms with E-state index in [0.29, 0.717) is 0 Å². The van der Waals surface area contributed by atoms with E-state index in [9.17, 15) is 15.2 Å². The Balaban J connectivity index is 2.87. The van der Waals surface area contributed by atoms with Crippen LogP contribution in [0.2, 0.25) is 0 Å². The fraction of sp³-hybridized carbons (Fsp3) is 0. The molecule has 0 atom stereocenters. The molecule has 0 fully saturated rings. The third-order valence-corrected chi connectivity index (χ3v) is 3.40. The highest BCUT2D eigenvalue weighted by Crippen LogP contribution is 2.40. The molecule has 2 rings (SSSR count). The number of rotatable bonds is 1. The van der Waals surface area contributed by atoms with Crippen LogP contribution in [0.25, 0.3) is 10.1 Å². The molecule has 0 aliphatic carbocycles. The zero-order chi connectivity index (χ0) is 10.3. The Labute approximate surface area is 88.4 Å². The van der Waals surface area contributed by atoms with Crippen LogP contribution in [0.3, 0.4) is 0 Å². The lowest BCUT2D eigenvalue weighted by Crippen LogP contribution is -1.88. The number of aromatic hydroxyl groups is 1. The molecule has 14 heavy (non-hydrogen) atoms. The highest BCUT2D eigenvalue weighted by molar-refractivity contribution is 7.81. The van der Waals surface area contributed by atoms with Gasteiger partial charge in [-0.2, -0.15) is 0 Å². The van der Waals surface area contributed by atoms with Gasteiger partial charge in [-0.1, -0.05) is 0 Å². The highest BCUT2D eigenvalue weighted by Gasteiger charge is 2.19. The minimum absolute atomic E-state index is 0.268. The van der Waals surface area contributed by atoms with E-state index in [-0.39, 0.29) is 16.3 Å². The number of fused-ring (bicyclic) bond motifs is 1. The first-order valence-electron chi connectivity index (χ1n) is 3.68. The Bertz CT molecular complexity index is 521. The molecule has 4 nitrogen and oxygen atoms in total. The van der Waals surface area contributed by atoms with Gasteiger partial charge >= 0.3 is 5.69 Å². The predicted molar refractivity (Wildman–Crippen MR) is 57.4 cm³/mol. The van der Waals surface area contributed by atoms with Gasteiger partial charge in [0, 0.05) is 11.5 Å². The second-order valence-corrected chi connectivity index (χ2v) is 4.05. The zero-order valence-electron chi connectivity index (χ0n) is 6.80. The van der Waals surface area contributed by atoms with Crippen molar-refractivity contribution in [2.24, 2.45) is 0 Å². The van der Waals surface area contributed by atoms with Gasteiger partial charge in [-0.05, 0) is 11.4 Å². The summed E-state index contributed by atoms with van der Waals surface area (Å²) >= 11 is 5.44. The van der Waals surface area contributed by atoms with Crippen molar-refractivity contribution < 1.29 is 10.0 Å². The molecule has 1 N–H and O–H groups in total. The Morgan fingerprint density at radius 1 is 1.57 bits per heavy atom. The molecule has 6 heteroatoms. The standard InChI is InChI=1S/C8H5NO3S2/c10-6-5(9(11)12)3-4-1-2-14-8(4)7(6)13/h1-3,10,13H. The Morgan fingerprint density at radius 2 is 2.29 bits per heavy atom. The number of benzene rings is 1. The number of phenolic OH excluding ortho intramolecular Hbond substituents is 1. The van der Waals surface area contributed by atoms with Gasteiger partial charge < -0.3 is 5.11 Å². The minimum atomic E-state index is -0.619. The maximum atomic E-state index is 10.6. The average molecular weight is 227 g/mol. The molecule has 0 aliphatic heterocycles. The summed E-state index contributed by atoms with van der Waals surface area (Å²) in [5, 5.41) is 22.6. The summed E-state index contributed by atoms with van der Waals surface area (Å²) in [5.41, 5.74) is -0.305. The summed E-state index contributed by atoms with van der Waals surface area (Å²) in [6.45, 7) is 0. The Morgan fingerprint density at radius 3 is 2.93 bits per heavy atom. The third-order valence-electron chi connectivity index (χ3n) is 1.87. The monoisotopic (exact) mass is 227 g/mol. The summed E-state index contributed by atoms with van der Waals surface area (Å²) in [4.78, 5) is 10.2. The normalized spacial score (nSPS) is 10.6. The molecule has 0 spiro atoms. The van der Waals surface area contributed by atoms with Crippen LogP contribution in [-0.2, 0) is 0 Å². The van der Waals surface area contributed by atoms with Gasteiger partial charge in [0.05, 0.1) is 14.5 Å². The SMILES string of the molecule is O=[N+]([O-])c1cc2ccsc2c(S)c1O. The molecular formula is C8H5NO3S2. The first-order chi connectivity index (χ1) is 6.61. The van der Waals surface area contributed by atoms with Crippen LogP contribution in [0.1, 0.15) is 0 Å². The summed E-state index contributed by atoms with van der Waals surface area (Å²) < 4.78 is 0.761. The molecule has 0 saturated carbocycles. The van der Waals surface area contributed by atoms with Gasteiger partial charge in [0.25, 0.3) is 0 Å². The Hall–Kier alpha value is -1.27. The molecule has 1 heterocycles. The van der Waals surface area contributed by atoms with E-state index >= 15 is 0 Å². The largest absolute Gasteiger partial charge is 0.501 e. The fourth-order valence-electron chi connectivity index (χ4n) is 1.21. The van der Waals surface area contributed by atoms with Crippen LogP contribution >= 0.6 is 24.0 Å². The molecule has 0 amide bonds. The van der Waals surface area contributed by atoms with E-state index in [2.05, 4.69) is 12.6 Å². The van der Waals surface area contributed by atoms with Crippen molar-refractivity contribution in [1.29, 1.82) is 0 Å². The summed E-state index contributed by atoms with van der Waals surface area (Å²) in [6.07, 6.45) is 0. The third kappa shape index (κ3) is 1.23. The molecule has 1 aromatic carbocycles. The number of nitrogens with zero attached hydrogens (tertiary/aromatic N) is 1. The van der Waals surface area contributed by atoms with Gasteiger partial charge in [-0.15, -0.1) is 24.0 Å². The van der Waals surface area contributed by atoms with Crippen LogP contribution < -0.4 is 0 Å². The minimum Gasteiger partial charge on any atom is -0.501 e. The van der Waals surface area contributed by atoms with E-state index in [1.807, 2.05) is 0 Å². The highest BCUT2D eigenvalue weighted by atomic mass is 32.1. The lowest BCUT2D eigenvalue weighted by Gasteiger charge is -2.00. The molecule has 0 bridgehead atoms. The number of hydrogen-bond acceptors (Lipinski definition) is 5. The van der Waals surface area contributed by atoms with Crippen molar-refractivity contribution >= 4 is 39.7 Å². The second kappa shape index (κ2) is 3.14. The average Bonchev–Trinajstić information content (AvgIpc) is 2.58. The maximum Gasteiger partial charge on any atom is 0.312 e. The quantitative estimate of drug-likeness (QED) is 0.447. The molecule has 0 radical (unpaired) electrons. The number of phenols is 1. The second-order valence-electron chi connectivity index (χ2n) is 2.69. The number of nitro benzene ring substituents is 1. The van der Waals surface area contributed by atoms with Gasteiger partial charge in [0.15, 0.2) is 0 Å². The molecule has 0 saturated heterocycles. The first-order valence-corrected chi connectivity index (χ1v) is 5.00. The van der Waals surface area contributed by atoms with E-state index in [1.165, 1.54) is 17.4 Å². The molecule has 0 unspecified atom stereocenters. The van der Waals surface area contributed by atoms with Crippen molar-refractivity contribution in [3.63, 3.8) is 0 Å². The van der Waals surface area contributed by atoms with Gasteiger partial charge in [0.2, 0.25) is 5.75 Å². The van der Waals surface area contributed by atoms with Crippen LogP contribution in [0.4, 0.5) is 5.69 Å². The van der Waals surface area contributed by atoms with Crippen molar-refractivity contribution in [3.8, 4) is 5.75 Å². The van der Waals surface area contributed by atoms with E-state index in [1.54, 1.807) is 11.4 Å². The number of nitro groups is 1. The number of thiophene rings is 1. The van der Waals surface area contributed by atoms with E-state index in [0.717, 1.165) is 10.1 Å². The van der Waals surface area contributed by atoms with Gasteiger partial charge in [0.1, 0.15) is 0 Å². The first kappa shape index (κ1) is 9.29. The van der Waals surface area contributed by atoms with Crippen LogP contribution in [-0.4, -0.2) is 10.0 Å². The summed E-state index contributed by atoms with van der Waals surface area (Å²) in [6, 6.07) is 3.10. The van der Waals surface area contributed by atoms with E-state index in [4.69, 9.17) is 0 Å². The van der Waals surface area contributed by atoms with Crippen molar-refractivity contribution in [1.82, 2.24) is 0 Å². The van der Waals surface area contributed by atoms with Crippen LogP contribution in [0.5, 0.6) is 5.75 Å². The van der Waals surface area contributed by atoms with Crippen molar-refractivity contribution in [2.75, 3.05) is 0 Å². The molecule has 0 aliphatic rings. The van der Waals surface area contributed by atoms with Gasteiger partial charge in [-0.25, -0.2) is 0 Å². The van der Waals surface area contributed by atoms with Crippen molar-refractivity contribution in [3.05, 3.63) is 27.6 Å². The molecule has 2 aromatic rings. The smallest absolute Gasteiger partial charge is 0.312 e. The number of thiol groups is 1. The van der Waals surface area contributed by atoms with Crippen LogP contribution in [0.15, 0.2) is 22.4 Å². The lowest BCUT2D eigenvalue weighted by atomic mass is 10.2.